The van der Waals surface area contributed by atoms with Crippen LogP contribution in [0, 0.1) is 5.82 Å². The zero-order valence-electron chi connectivity index (χ0n) is 18.2. The number of anilines is 1. The normalized spacial score (nSPS) is 11.1. The first-order valence-electron chi connectivity index (χ1n) is 10.2. The van der Waals surface area contributed by atoms with Crippen LogP contribution in [0.2, 0.25) is 0 Å². The summed E-state index contributed by atoms with van der Waals surface area (Å²) in [6.07, 6.45) is 1.31. The van der Waals surface area contributed by atoms with Gasteiger partial charge in [-0.2, -0.15) is 5.10 Å². The van der Waals surface area contributed by atoms with Gasteiger partial charge in [-0.25, -0.2) is 9.18 Å². The maximum atomic E-state index is 13.7. The number of aromatic amines is 1. The number of hydrogen-bond acceptors (Lipinski definition) is 6. The number of nitrogens with one attached hydrogen (secondary N) is 2. The van der Waals surface area contributed by atoms with E-state index >= 15 is 0 Å². The highest BCUT2D eigenvalue weighted by Gasteiger charge is 2.14. The van der Waals surface area contributed by atoms with Gasteiger partial charge in [0.1, 0.15) is 5.82 Å². The van der Waals surface area contributed by atoms with Crippen LogP contribution in [0.25, 0.3) is 10.9 Å². The molecule has 3 aromatic carbocycles. The molecule has 1 aromatic heterocycles. The van der Waals surface area contributed by atoms with E-state index in [1.54, 1.807) is 42.5 Å². The fraction of sp³-hybridized carbons (Fsp3) is 0.0833. The fourth-order valence-electron chi connectivity index (χ4n) is 3.22. The summed E-state index contributed by atoms with van der Waals surface area (Å²) in [4.78, 5) is 39.7. The molecule has 0 fully saturated rings. The lowest BCUT2D eigenvalue weighted by Crippen LogP contribution is -2.32. The molecular formula is C24H18BrFN4O5. The number of carbonyl (C=O) groups excluding carboxylic acids is 1. The molecule has 0 aliphatic heterocycles. The number of H-pyrrole nitrogens is 1. The molecule has 1 amide bonds. The zero-order valence-corrected chi connectivity index (χ0v) is 19.8. The average molecular weight is 541 g/mol. The summed E-state index contributed by atoms with van der Waals surface area (Å²) in [6, 6.07) is 15.6. The van der Waals surface area contributed by atoms with Crippen LogP contribution in [0.4, 0.5) is 10.1 Å². The first-order valence-corrected chi connectivity index (χ1v) is 11.0. The molecule has 0 aliphatic carbocycles. The lowest BCUT2D eigenvalue weighted by atomic mass is 10.2. The Hall–Kier alpha value is -4.25. The van der Waals surface area contributed by atoms with E-state index in [2.05, 4.69) is 31.3 Å². The van der Waals surface area contributed by atoms with Crippen molar-refractivity contribution in [3.8, 4) is 11.5 Å². The number of halogens is 2. The largest absolute Gasteiger partial charge is 0.493 e. The molecule has 0 spiro atoms. The summed E-state index contributed by atoms with van der Waals surface area (Å²) in [5.74, 6) is -0.634. The van der Waals surface area contributed by atoms with E-state index in [0.29, 0.717) is 20.9 Å². The number of carbonyl (C=O) groups is 1. The Morgan fingerprint density at radius 2 is 1.91 bits per heavy atom. The van der Waals surface area contributed by atoms with Gasteiger partial charge in [0.2, 0.25) is 0 Å². The Morgan fingerprint density at radius 1 is 1.17 bits per heavy atom. The Kier molecular flexibility index (Phi) is 7.06. The van der Waals surface area contributed by atoms with E-state index in [0.717, 1.165) is 4.68 Å². The molecule has 0 unspecified atom stereocenters. The third-order valence-electron chi connectivity index (χ3n) is 4.85. The molecule has 4 rings (SSSR count). The quantitative estimate of drug-likeness (QED) is 0.348. The summed E-state index contributed by atoms with van der Waals surface area (Å²) in [7, 11) is 1.41. The Bertz CT molecular complexity index is 1560. The first kappa shape index (κ1) is 23.9. The van der Waals surface area contributed by atoms with E-state index in [9.17, 15) is 18.8 Å². The predicted octanol–water partition coefficient (Wildman–Crippen LogP) is 3.50. The highest BCUT2D eigenvalue weighted by atomic mass is 79.9. The van der Waals surface area contributed by atoms with Crippen molar-refractivity contribution in [2.75, 3.05) is 19.0 Å². The second-order valence-electron chi connectivity index (χ2n) is 7.19. The molecular weight excluding hydrogens is 523 g/mol. The van der Waals surface area contributed by atoms with Crippen LogP contribution in [-0.4, -0.2) is 35.5 Å². The van der Waals surface area contributed by atoms with Gasteiger partial charge in [0.15, 0.2) is 18.1 Å². The van der Waals surface area contributed by atoms with E-state index in [4.69, 9.17) is 9.47 Å². The summed E-state index contributed by atoms with van der Waals surface area (Å²) < 4.78 is 25.8. The first-order chi connectivity index (χ1) is 16.9. The zero-order chi connectivity index (χ0) is 24.9. The number of benzene rings is 3. The van der Waals surface area contributed by atoms with Crippen molar-refractivity contribution in [1.29, 1.82) is 0 Å². The molecule has 0 atom stereocenters. The van der Waals surface area contributed by atoms with E-state index in [-0.39, 0.29) is 17.2 Å². The molecule has 2 N–H and O–H groups in total. The number of methoxy groups -OCH3 is 1. The van der Waals surface area contributed by atoms with Gasteiger partial charge in [-0.1, -0.05) is 24.3 Å². The Labute approximate surface area is 205 Å². The molecule has 11 heteroatoms. The van der Waals surface area contributed by atoms with Gasteiger partial charge < -0.3 is 19.8 Å². The van der Waals surface area contributed by atoms with E-state index < -0.39 is 29.6 Å². The number of para-hydroxylation sites is 2. The monoisotopic (exact) mass is 540 g/mol. The molecule has 0 aliphatic rings. The predicted molar refractivity (Wildman–Crippen MR) is 133 cm³/mol. The fourth-order valence-corrected chi connectivity index (χ4v) is 3.80. The van der Waals surface area contributed by atoms with Crippen molar-refractivity contribution in [2.24, 2.45) is 5.10 Å². The van der Waals surface area contributed by atoms with Crippen LogP contribution in [0.5, 0.6) is 11.5 Å². The number of fused-ring (bicyclic) bond motifs is 1. The number of rotatable bonds is 7. The molecule has 178 valence electrons. The van der Waals surface area contributed by atoms with Crippen LogP contribution in [-0.2, 0) is 4.79 Å². The number of hydrogen-bond donors (Lipinski definition) is 2. The van der Waals surface area contributed by atoms with Crippen molar-refractivity contribution in [3.63, 3.8) is 0 Å². The number of amides is 1. The summed E-state index contributed by atoms with van der Waals surface area (Å²) >= 11 is 3.36. The Balaban J connectivity index is 1.54. The van der Waals surface area contributed by atoms with Crippen LogP contribution in [0.15, 0.2) is 79.8 Å². The number of nitrogens with zero attached hydrogens (tertiary/aromatic N) is 2. The average Bonchev–Trinajstić information content (AvgIpc) is 2.84. The van der Waals surface area contributed by atoms with Crippen molar-refractivity contribution < 1.29 is 18.7 Å². The second kappa shape index (κ2) is 10.3. The maximum Gasteiger partial charge on any atom is 0.349 e. The highest BCUT2D eigenvalue weighted by Crippen LogP contribution is 2.36. The minimum Gasteiger partial charge on any atom is -0.493 e. The summed E-state index contributed by atoms with van der Waals surface area (Å²) in [5, 5.41) is 6.77. The smallest absolute Gasteiger partial charge is 0.349 e. The van der Waals surface area contributed by atoms with Gasteiger partial charge in [0.25, 0.3) is 11.5 Å². The van der Waals surface area contributed by atoms with Crippen molar-refractivity contribution in [2.45, 2.75) is 0 Å². The van der Waals surface area contributed by atoms with Gasteiger partial charge >= 0.3 is 5.69 Å². The van der Waals surface area contributed by atoms with Crippen LogP contribution in [0.3, 0.4) is 0 Å². The summed E-state index contributed by atoms with van der Waals surface area (Å²) in [6.45, 7) is -0.404. The van der Waals surface area contributed by atoms with Gasteiger partial charge in [-0.05, 0) is 57.9 Å². The minimum atomic E-state index is -0.684. The SMILES string of the molecule is COc1cc(C=Nn2c(=O)[nH]c3ccccc3c2=O)cc(Br)c1OCC(=O)Nc1ccccc1F. The van der Waals surface area contributed by atoms with Crippen LogP contribution in [0.1, 0.15) is 5.56 Å². The Morgan fingerprint density at radius 3 is 2.69 bits per heavy atom. The third-order valence-corrected chi connectivity index (χ3v) is 5.44. The van der Waals surface area contributed by atoms with E-state index in [1.165, 1.54) is 31.5 Å². The van der Waals surface area contributed by atoms with Crippen molar-refractivity contribution >= 4 is 44.6 Å². The number of ether oxygens (including phenoxy) is 2. The van der Waals surface area contributed by atoms with Gasteiger partial charge in [0, 0.05) is 0 Å². The van der Waals surface area contributed by atoms with Crippen molar-refractivity contribution in [1.82, 2.24) is 9.66 Å². The van der Waals surface area contributed by atoms with Gasteiger partial charge in [-0.15, -0.1) is 4.68 Å². The lowest BCUT2D eigenvalue weighted by Gasteiger charge is -2.13. The molecule has 35 heavy (non-hydrogen) atoms. The molecule has 1 heterocycles. The van der Waals surface area contributed by atoms with Crippen LogP contribution >= 0.6 is 15.9 Å². The highest BCUT2D eigenvalue weighted by molar-refractivity contribution is 9.10. The standard InChI is InChI=1S/C24H18BrFN4O5/c1-34-20-11-14(12-27-30-23(32)15-6-2-4-8-18(15)29-24(30)33)10-16(25)22(20)35-13-21(31)28-19-9-5-3-7-17(19)26/h2-12H,13H2,1H3,(H,28,31)(H,29,33). The topological polar surface area (TPSA) is 115 Å². The van der Waals surface area contributed by atoms with Crippen LogP contribution < -0.4 is 26.0 Å². The molecule has 0 bridgehead atoms. The van der Waals surface area contributed by atoms with E-state index in [1.807, 2.05) is 0 Å². The molecule has 4 aromatic rings. The summed E-state index contributed by atoms with van der Waals surface area (Å²) in [5.41, 5.74) is -0.308. The second-order valence-corrected chi connectivity index (χ2v) is 8.04. The molecule has 0 radical (unpaired) electrons. The minimum absolute atomic E-state index is 0.0395. The van der Waals surface area contributed by atoms with Gasteiger partial charge in [0.05, 0.1) is 34.4 Å². The maximum absolute atomic E-state index is 13.7. The third kappa shape index (κ3) is 5.30. The molecule has 0 saturated heterocycles. The number of aromatic nitrogens is 2. The lowest BCUT2D eigenvalue weighted by molar-refractivity contribution is -0.118. The van der Waals surface area contributed by atoms with Crippen molar-refractivity contribution in [3.05, 3.63) is 97.4 Å². The van der Waals surface area contributed by atoms with Gasteiger partial charge in [-0.3, -0.25) is 9.59 Å². The molecule has 9 nitrogen and oxygen atoms in total. The molecule has 0 saturated carbocycles.